The number of amides is 1. The van der Waals surface area contributed by atoms with E-state index in [4.69, 9.17) is 0 Å². The van der Waals surface area contributed by atoms with Crippen molar-refractivity contribution >= 4 is 33.7 Å². The molecule has 0 radical (unpaired) electrons. The van der Waals surface area contributed by atoms with E-state index < -0.39 is 17.6 Å². The fraction of sp³-hybridized carbons (Fsp3) is 0.0625. The molecule has 3 rings (SSSR count). The van der Waals surface area contributed by atoms with Gasteiger partial charge in [0.15, 0.2) is 5.01 Å². The zero-order chi connectivity index (χ0) is 17.2. The van der Waals surface area contributed by atoms with Crippen LogP contribution in [0, 0.1) is 0 Å². The average Bonchev–Trinajstić information content (AvgIpc) is 2.98. The number of nitrogens with zero attached hydrogens (tertiary/aromatic N) is 2. The van der Waals surface area contributed by atoms with Gasteiger partial charge < -0.3 is 0 Å². The van der Waals surface area contributed by atoms with Gasteiger partial charge in [-0.2, -0.15) is 18.3 Å². The quantitative estimate of drug-likeness (QED) is 0.572. The zero-order valence-electron chi connectivity index (χ0n) is 12.0. The summed E-state index contributed by atoms with van der Waals surface area (Å²) in [6.45, 7) is 0. The molecule has 0 bridgehead atoms. The van der Waals surface area contributed by atoms with Gasteiger partial charge in [0.05, 0.1) is 22.0 Å². The summed E-state index contributed by atoms with van der Waals surface area (Å²) in [5.74, 6) is -0.572. The zero-order valence-corrected chi connectivity index (χ0v) is 12.9. The Kier molecular flexibility index (Phi) is 4.30. The molecular formula is C16H10F3N3OS. The lowest BCUT2D eigenvalue weighted by atomic mass is 10.1. The third kappa shape index (κ3) is 3.43. The molecule has 0 spiro atoms. The fourth-order valence-corrected chi connectivity index (χ4v) is 2.90. The van der Waals surface area contributed by atoms with Crippen LogP contribution in [0.3, 0.4) is 0 Å². The molecule has 3 aromatic rings. The Morgan fingerprint density at radius 1 is 1.12 bits per heavy atom. The number of alkyl halides is 3. The van der Waals surface area contributed by atoms with Crippen molar-refractivity contribution in [3.63, 3.8) is 0 Å². The maximum Gasteiger partial charge on any atom is 0.417 e. The second kappa shape index (κ2) is 6.40. The minimum Gasteiger partial charge on any atom is -0.265 e. The molecule has 0 aliphatic heterocycles. The number of carbonyl (C=O) groups is 1. The standard InChI is InChI=1S/C16H10F3N3OS/c17-16(18,19)11-6-2-1-5-10(11)9-20-22-14(23)15-21-12-7-3-4-8-13(12)24-15/h1-9H,(H,22,23). The molecule has 0 aliphatic carbocycles. The summed E-state index contributed by atoms with van der Waals surface area (Å²) in [5.41, 5.74) is 1.93. The van der Waals surface area contributed by atoms with Crippen molar-refractivity contribution in [3.05, 3.63) is 64.7 Å². The predicted octanol–water partition coefficient (Wildman–Crippen LogP) is 4.08. The molecular weight excluding hydrogens is 339 g/mol. The molecule has 1 N–H and O–H groups in total. The highest BCUT2D eigenvalue weighted by molar-refractivity contribution is 7.20. The fourth-order valence-electron chi connectivity index (χ4n) is 2.05. The Labute approximate surface area is 138 Å². The summed E-state index contributed by atoms with van der Waals surface area (Å²) >= 11 is 1.18. The number of nitrogens with one attached hydrogen (secondary N) is 1. The lowest BCUT2D eigenvalue weighted by Gasteiger charge is -2.08. The van der Waals surface area contributed by atoms with E-state index in [9.17, 15) is 18.0 Å². The molecule has 2 aromatic carbocycles. The summed E-state index contributed by atoms with van der Waals surface area (Å²) in [6.07, 6.45) is -3.52. The summed E-state index contributed by atoms with van der Waals surface area (Å²) < 4.78 is 39.4. The van der Waals surface area contributed by atoms with Gasteiger partial charge in [-0.25, -0.2) is 10.4 Å². The summed E-state index contributed by atoms with van der Waals surface area (Å²) in [5, 5.41) is 3.80. The summed E-state index contributed by atoms with van der Waals surface area (Å²) in [6, 6.07) is 12.2. The third-order valence-electron chi connectivity index (χ3n) is 3.12. The van der Waals surface area contributed by atoms with E-state index >= 15 is 0 Å². The SMILES string of the molecule is O=C(NN=Cc1ccccc1C(F)(F)F)c1nc2ccccc2s1. The maximum atomic E-state index is 12.9. The topological polar surface area (TPSA) is 54.4 Å². The highest BCUT2D eigenvalue weighted by atomic mass is 32.1. The molecule has 1 heterocycles. The number of hydrazone groups is 1. The van der Waals surface area contributed by atoms with E-state index in [1.54, 1.807) is 12.1 Å². The van der Waals surface area contributed by atoms with Crippen LogP contribution in [0.15, 0.2) is 53.6 Å². The molecule has 0 saturated heterocycles. The van der Waals surface area contributed by atoms with Gasteiger partial charge in [-0.3, -0.25) is 4.79 Å². The molecule has 0 fully saturated rings. The van der Waals surface area contributed by atoms with Crippen LogP contribution < -0.4 is 5.43 Å². The number of hydrogen-bond donors (Lipinski definition) is 1. The lowest BCUT2D eigenvalue weighted by Crippen LogP contribution is -2.17. The van der Waals surface area contributed by atoms with Crippen molar-refractivity contribution in [2.75, 3.05) is 0 Å². The van der Waals surface area contributed by atoms with Crippen LogP contribution >= 0.6 is 11.3 Å². The van der Waals surface area contributed by atoms with Crippen molar-refractivity contribution in [2.24, 2.45) is 5.10 Å². The van der Waals surface area contributed by atoms with Crippen LogP contribution in [0.5, 0.6) is 0 Å². The first-order valence-electron chi connectivity index (χ1n) is 6.80. The first-order valence-corrected chi connectivity index (χ1v) is 7.62. The molecule has 1 aromatic heterocycles. The van der Waals surface area contributed by atoms with Crippen LogP contribution in [0.25, 0.3) is 10.2 Å². The van der Waals surface area contributed by atoms with Gasteiger partial charge in [0.2, 0.25) is 0 Å². The van der Waals surface area contributed by atoms with E-state index in [-0.39, 0.29) is 10.6 Å². The molecule has 0 saturated carbocycles. The molecule has 0 unspecified atom stereocenters. The summed E-state index contributed by atoms with van der Waals surface area (Å²) in [7, 11) is 0. The molecule has 1 amide bonds. The monoisotopic (exact) mass is 349 g/mol. The lowest BCUT2D eigenvalue weighted by molar-refractivity contribution is -0.137. The number of carbonyl (C=O) groups excluding carboxylic acids is 1. The molecule has 0 aliphatic rings. The van der Waals surface area contributed by atoms with Gasteiger partial charge in [0, 0.05) is 5.56 Å². The van der Waals surface area contributed by atoms with Gasteiger partial charge in [0.25, 0.3) is 5.91 Å². The normalized spacial score (nSPS) is 12.0. The highest BCUT2D eigenvalue weighted by Crippen LogP contribution is 2.31. The smallest absolute Gasteiger partial charge is 0.265 e. The van der Waals surface area contributed by atoms with Crippen molar-refractivity contribution in [2.45, 2.75) is 6.18 Å². The number of thiazole rings is 1. The van der Waals surface area contributed by atoms with E-state index in [0.29, 0.717) is 5.52 Å². The van der Waals surface area contributed by atoms with Crippen molar-refractivity contribution in [1.82, 2.24) is 10.4 Å². The Balaban J connectivity index is 1.76. The second-order valence-corrected chi connectivity index (χ2v) is 5.80. The second-order valence-electron chi connectivity index (χ2n) is 4.77. The van der Waals surface area contributed by atoms with Crippen LogP contribution in [-0.2, 0) is 6.18 Å². The number of hydrogen-bond acceptors (Lipinski definition) is 4. The van der Waals surface area contributed by atoms with Crippen LogP contribution in [0.1, 0.15) is 20.9 Å². The number of fused-ring (bicyclic) bond motifs is 1. The van der Waals surface area contributed by atoms with Gasteiger partial charge in [-0.15, -0.1) is 11.3 Å². The van der Waals surface area contributed by atoms with Gasteiger partial charge >= 0.3 is 6.18 Å². The average molecular weight is 349 g/mol. The first kappa shape index (κ1) is 16.1. The van der Waals surface area contributed by atoms with E-state index in [0.717, 1.165) is 17.0 Å². The summed E-state index contributed by atoms with van der Waals surface area (Å²) in [4.78, 5) is 16.1. The van der Waals surface area contributed by atoms with Gasteiger partial charge in [0.1, 0.15) is 0 Å². The molecule has 8 heteroatoms. The van der Waals surface area contributed by atoms with Crippen LogP contribution in [0.2, 0.25) is 0 Å². The number of aromatic nitrogens is 1. The number of benzene rings is 2. The van der Waals surface area contributed by atoms with Crippen LogP contribution in [-0.4, -0.2) is 17.1 Å². The van der Waals surface area contributed by atoms with E-state index in [1.807, 2.05) is 12.1 Å². The predicted molar refractivity (Wildman–Crippen MR) is 86.1 cm³/mol. The van der Waals surface area contributed by atoms with Crippen molar-refractivity contribution in [1.29, 1.82) is 0 Å². The largest absolute Gasteiger partial charge is 0.417 e. The molecule has 122 valence electrons. The molecule has 24 heavy (non-hydrogen) atoms. The van der Waals surface area contributed by atoms with E-state index in [1.165, 1.54) is 29.5 Å². The molecule has 4 nitrogen and oxygen atoms in total. The minimum absolute atomic E-state index is 0.130. The number of rotatable bonds is 3. The third-order valence-corrected chi connectivity index (χ3v) is 4.16. The highest BCUT2D eigenvalue weighted by Gasteiger charge is 2.32. The Morgan fingerprint density at radius 3 is 2.58 bits per heavy atom. The van der Waals surface area contributed by atoms with Crippen LogP contribution in [0.4, 0.5) is 13.2 Å². The Bertz CT molecular complexity index is 885. The number of halogens is 3. The van der Waals surface area contributed by atoms with Gasteiger partial charge in [-0.1, -0.05) is 30.3 Å². The minimum atomic E-state index is -4.49. The maximum absolute atomic E-state index is 12.9. The first-order chi connectivity index (χ1) is 11.4. The van der Waals surface area contributed by atoms with E-state index in [2.05, 4.69) is 15.5 Å². The van der Waals surface area contributed by atoms with Crippen molar-refractivity contribution < 1.29 is 18.0 Å². The number of para-hydroxylation sites is 1. The van der Waals surface area contributed by atoms with Gasteiger partial charge in [-0.05, 0) is 18.2 Å². The Morgan fingerprint density at radius 2 is 1.83 bits per heavy atom. The molecule has 0 atom stereocenters. The van der Waals surface area contributed by atoms with Crippen molar-refractivity contribution in [3.8, 4) is 0 Å². The Hall–Kier alpha value is -2.74.